The van der Waals surface area contributed by atoms with Gasteiger partial charge in [0.1, 0.15) is 11.6 Å². The molecule has 1 saturated heterocycles. The van der Waals surface area contributed by atoms with E-state index in [2.05, 4.69) is 20.6 Å². The van der Waals surface area contributed by atoms with Gasteiger partial charge in [0, 0.05) is 20.2 Å². The highest BCUT2D eigenvalue weighted by molar-refractivity contribution is 7.89. The smallest absolute Gasteiger partial charge is 0.373 e. The number of benzene rings is 1. The van der Waals surface area contributed by atoms with E-state index >= 15 is 0 Å². The van der Waals surface area contributed by atoms with E-state index < -0.39 is 26.7 Å². The Labute approximate surface area is 167 Å². The van der Waals surface area contributed by atoms with Crippen LogP contribution in [-0.4, -0.2) is 43.3 Å². The van der Waals surface area contributed by atoms with E-state index in [-0.39, 0.29) is 12.6 Å². The van der Waals surface area contributed by atoms with Crippen LogP contribution in [0.3, 0.4) is 0 Å². The molecule has 7 nitrogen and oxygen atoms in total. The Morgan fingerprint density at radius 1 is 1.28 bits per heavy atom. The molecular formula is C18H22F3N5O2S. The van der Waals surface area contributed by atoms with Crippen molar-refractivity contribution >= 4 is 15.8 Å². The number of sulfonamides is 1. The normalized spacial score (nSPS) is 17.7. The Bertz CT molecular complexity index is 976. The van der Waals surface area contributed by atoms with Crippen molar-refractivity contribution in [3.63, 3.8) is 0 Å². The molecule has 1 fully saturated rings. The van der Waals surface area contributed by atoms with E-state index in [0.717, 1.165) is 41.9 Å². The first-order valence-corrected chi connectivity index (χ1v) is 10.5. The average molecular weight is 429 g/mol. The topological polar surface area (TPSA) is 87.2 Å². The third-order valence-corrected chi connectivity index (χ3v) is 6.48. The predicted molar refractivity (Wildman–Crippen MR) is 102 cm³/mol. The Morgan fingerprint density at radius 3 is 2.66 bits per heavy atom. The van der Waals surface area contributed by atoms with Gasteiger partial charge in [0.15, 0.2) is 0 Å². The van der Waals surface area contributed by atoms with Crippen LogP contribution in [0.25, 0.3) is 0 Å². The molecule has 158 valence electrons. The number of aromatic nitrogens is 2. The number of rotatable bonds is 6. The van der Waals surface area contributed by atoms with Crippen molar-refractivity contribution in [2.24, 2.45) is 0 Å². The number of halogens is 3. The second kappa shape index (κ2) is 8.25. The predicted octanol–water partition coefficient (Wildman–Crippen LogP) is 2.78. The van der Waals surface area contributed by atoms with Crippen LogP contribution in [-0.2, 0) is 22.7 Å². The Balaban J connectivity index is 1.87. The van der Waals surface area contributed by atoms with Gasteiger partial charge in [-0.1, -0.05) is 6.07 Å². The lowest BCUT2D eigenvalue weighted by molar-refractivity contribution is -0.137. The van der Waals surface area contributed by atoms with Crippen molar-refractivity contribution in [1.29, 1.82) is 0 Å². The molecule has 2 N–H and O–H groups in total. The standard InChI is InChI=1S/C18H22F3N5O2S/c1-22-16-10-13(24-17(25-16)15-7-4-8-23-15)11-26(2)29(27,28)14-6-3-5-12(9-14)18(19,20)21/h3,5-6,9-10,15,23H,4,7-8,11H2,1-2H3,(H,22,24,25)/t15-/m1/s1. The van der Waals surface area contributed by atoms with Gasteiger partial charge in [-0.2, -0.15) is 17.5 Å². The minimum absolute atomic E-state index is 0.00701. The van der Waals surface area contributed by atoms with Gasteiger partial charge < -0.3 is 10.6 Å². The van der Waals surface area contributed by atoms with Crippen LogP contribution in [0.15, 0.2) is 35.2 Å². The number of nitrogens with one attached hydrogen (secondary N) is 2. The van der Waals surface area contributed by atoms with Crippen LogP contribution in [0.4, 0.5) is 19.0 Å². The number of hydrogen-bond acceptors (Lipinski definition) is 6. The van der Waals surface area contributed by atoms with Gasteiger partial charge in [0.05, 0.1) is 28.7 Å². The van der Waals surface area contributed by atoms with Crippen LogP contribution >= 0.6 is 0 Å². The highest BCUT2D eigenvalue weighted by Gasteiger charge is 2.32. The van der Waals surface area contributed by atoms with Crippen LogP contribution < -0.4 is 10.6 Å². The second-order valence-corrected chi connectivity index (χ2v) is 8.83. The summed E-state index contributed by atoms with van der Waals surface area (Å²) in [6, 6.07) is 5.32. The summed E-state index contributed by atoms with van der Waals surface area (Å²) in [7, 11) is -1.13. The summed E-state index contributed by atoms with van der Waals surface area (Å²) < 4.78 is 65.4. The zero-order valence-electron chi connectivity index (χ0n) is 16.0. The van der Waals surface area contributed by atoms with Gasteiger partial charge in [-0.25, -0.2) is 18.4 Å². The zero-order chi connectivity index (χ0) is 21.2. The van der Waals surface area contributed by atoms with Crippen molar-refractivity contribution < 1.29 is 21.6 Å². The molecule has 0 bridgehead atoms. The molecule has 2 aromatic rings. The SMILES string of the molecule is CNc1cc(CN(C)S(=O)(=O)c2cccc(C(F)(F)F)c2)nc([C@H]2CCCN2)n1. The highest BCUT2D eigenvalue weighted by atomic mass is 32.2. The van der Waals surface area contributed by atoms with Crippen molar-refractivity contribution in [1.82, 2.24) is 19.6 Å². The lowest BCUT2D eigenvalue weighted by Crippen LogP contribution is -2.28. The molecular weight excluding hydrogens is 407 g/mol. The van der Waals surface area contributed by atoms with Gasteiger partial charge in [-0.3, -0.25) is 0 Å². The molecule has 11 heteroatoms. The molecule has 0 unspecified atom stereocenters. The maximum Gasteiger partial charge on any atom is 0.416 e. The molecule has 1 aliphatic rings. The van der Waals surface area contributed by atoms with Gasteiger partial charge in [-0.15, -0.1) is 0 Å². The van der Waals surface area contributed by atoms with E-state index in [9.17, 15) is 21.6 Å². The Hall–Kier alpha value is -2.24. The average Bonchev–Trinajstić information content (AvgIpc) is 3.22. The number of anilines is 1. The van der Waals surface area contributed by atoms with Gasteiger partial charge in [0.25, 0.3) is 0 Å². The van der Waals surface area contributed by atoms with Crippen molar-refractivity contribution in [3.05, 3.63) is 47.4 Å². The lowest BCUT2D eigenvalue weighted by Gasteiger charge is -2.19. The Morgan fingerprint density at radius 2 is 2.03 bits per heavy atom. The molecule has 1 aromatic carbocycles. The highest BCUT2D eigenvalue weighted by Crippen LogP contribution is 2.31. The first-order valence-electron chi connectivity index (χ1n) is 9.04. The summed E-state index contributed by atoms with van der Waals surface area (Å²) in [5, 5.41) is 6.22. The molecule has 0 aliphatic carbocycles. The lowest BCUT2D eigenvalue weighted by atomic mass is 10.2. The fourth-order valence-corrected chi connectivity index (χ4v) is 4.30. The molecule has 0 spiro atoms. The second-order valence-electron chi connectivity index (χ2n) is 6.79. The minimum atomic E-state index is -4.62. The zero-order valence-corrected chi connectivity index (χ0v) is 16.8. The first kappa shape index (κ1) is 21.5. The number of hydrogen-bond donors (Lipinski definition) is 2. The Kier molecular flexibility index (Phi) is 6.11. The fourth-order valence-electron chi connectivity index (χ4n) is 3.11. The van der Waals surface area contributed by atoms with Crippen LogP contribution in [0, 0.1) is 0 Å². The van der Waals surface area contributed by atoms with E-state index in [1.165, 1.54) is 7.05 Å². The molecule has 2 heterocycles. The minimum Gasteiger partial charge on any atom is -0.373 e. The summed E-state index contributed by atoms with van der Waals surface area (Å²) in [6.07, 6.45) is -2.75. The number of alkyl halides is 3. The quantitative estimate of drug-likeness (QED) is 0.734. The molecule has 0 amide bonds. The van der Waals surface area contributed by atoms with Crippen molar-refractivity contribution in [2.75, 3.05) is 26.0 Å². The van der Waals surface area contributed by atoms with E-state index in [1.807, 2.05) is 0 Å². The molecule has 1 aromatic heterocycles. The van der Waals surface area contributed by atoms with Gasteiger partial charge in [-0.05, 0) is 37.6 Å². The molecule has 3 rings (SSSR count). The maximum absolute atomic E-state index is 12.9. The molecule has 0 saturated carbocycles. The van der Waals surface area contributed by atoms with E-state index in [1.54, 1.807) is 13.1 Å². The monoisotopic (exact) mass is 429 g/mol. The molecule has 29 heavy (non-hydrogen) atoms. The third-order valence-electron chi connectivity index (χ3n) is 4.68. The largest absolute Gasteiger partial charge is 0.416 e. The van der Waals surface area contributed by atoms with E-state index in [4.69, 9.17) is 0 Å². The summed E-state index contributed by atoms with van der Waals surface area (Å²) in [4.78, 5) is 8.47. The summed E-state index contributed by atoms with van der Waals surface area (Å²) in [5.41, 5.74) is -0.563. The van der Waals surface area contributed by atoms with Crippen LogP contribution in [0.2, 0.25) is 0 Å². The van der Waals surface area contributed by atoms with Crippen LogP contribution in [0.1, 0.15) is 36.0 Å². The molecule has 1 atom stereocenters. The number of nitrogens with zero attached hydrogens (tertiary/aromatic N) is 3. The fraction of sp³-hybridized carbons (Fsp3) is 0.444. The first-order chi connectivity index (χ1) is 13.6. The van der Waals surface area contributed by atoms with E-state index in [0.29, 0.717) is 23.4 Å². The molecule has 0 radical (unpaired) electrons. The summed E-state index contributed by atoms with van der Waals surface area (Å²) in [6.45, 7) is 0.756. The van der Waals surface area contributed by atoms with Crippen molar-refractivity contribution in [3.8, 4) is 0 Å². The maximum atomic E-state index is 12.9. The summed E-state index contributed by atoms with van der Waals surface area (Å²) >= 11 is 0. The van der Waals surface area contributed by atoms with Gasteiger partial charge in [0.2, 0.25) is 10.0 Å². The van der Waals surface area contributed by atoms with Gasteiger partial charge >= 0.3 is 6.18 Å². The third kappa shape index (κ3) is 4.85. The van der Waals surface area contributed by atoms with Crippen LogP contribution in [0.5, 0.6) is 0 Å². The molecule has 1 aliphatic heterocycles. The van der Waals surface area contributed by atoms with Crippen molar-refractivity contribution in [2.45, 2.75) is 36.5 Å². The summed E-state index contributed by atoms with van der Waals surface area (Å²) in [5.74, 6) is 1.11.